The van der Waals surface area contributed by atoms with Crippen molar-refractivity contribution < 1.29 is 33.0 Å². The van der Waals surface area contributed by atoms with Crippen molar-refractivity contribution in [2.75, 3.05) is 13.6 Å². The summed E-state index contributed by atoms with van der Waals surface area (Å²) in [6.07, 6.45) is -1.49. The highest BCUT2D eigenvalue weighted by Gasteiger charge is 2.77. The van der Waals surface area contributed by atoms with Crippen molar-refractivity contribution in [3.63, 3.8) is 0 Å². The van der Waals surface area contributed by atoms with E-state index in [-0.39, 0.29) is 13.0 Å². The Labute approximate surface area is 157 Å². The number of hydrogen-bond acceptors (Lipinski definition) is 7. The van der Waals surface area contributed by atoms with Crippen LogP contribution in [0.3, 0.4) is 0 Å². The first kappa shape index (κ1) is 17.8. The first-order valence-corrected chi connectivity index (χ1v) is 10.7. The minimum atomic E-state index is -4.62. The lowest BCUT2D eigenvalue weighted by atomic mass is 9.48. The van der Waals surface area contributed by atoms with Crippen LogP contribution in [-0.4, -0.2) is 75.9 Å². The highest BCUT2D eigenvalue weighted by molar-refractivity contribution is 7.86. The maximum absolute atomic E-state index is 12.3. The van der Waals surface area contributed by atoms with E-state index in [9.17, 15) is 28.3 Å². The molecule has 9 heteroatoms. The minimum absolute atomic E-state index is 0.259. The maximum atomic E-state index is 12.3. The van der Waals surface area contributed by atoms with Crippen molar-refractivity contribution in [3.8, 4) is 5.75 Å². The number of likely N-dealkylation sites (N-methyl/N-ethyl adjacent to an activating group) is 1. The molecule has 1 spiro atoms. The van der Waals surface area contributed by atoms with Crippen LogP contribution >= 0.6 is 0 Å². The van der Waals surface area contributed by atoms with Gasteiger partial charge in [0.25, 0.3) is 10.1 Å². The number of rotatable bonds is 2. The van der Waals surface area contributed by atoms with Crippen LogP contribution in [-0.2, 0) is 28.6 Å². The first-order valence-electron chi connectivity index (χ1n) is 9.16. The molecular formula is C18H23NO7S. The molecule has 27 heavy (non-hydrogen) atoms. The van der Waals surface area contributed by atoms with E-state index in [2.05, 4.69) is 0 Å². The van der Waals surface area contributed by atoms with E-state index in [4.69, 9.17) is 4.74 Å². The van der Waals surface area contributed by atoms with Crippen LogP contribution in [0, 0.1) is 0 Å². The van der Waals surface area contributed by atoms with E-state index in [1.54, 1.807) is 6.07 Å². The molecule has 2 aliphatic carbocycles. The lowest BCUT2D eigenvalue weighted by Gasteiger charge is -2.64. The zero-order chi connectivity index (χ0) is 19.4. The Hall–Kier alpha value is -1.23. The number of aliphatic hydroxyl groups is 3. The molecule has 2 aliphatic heterocycles. The lowest BCUT2D eigenvalue weighted by Crippen LogP contribution is -2.81. The Bertz CT molecular complexity index is 934. The van der Waals surface area contributed by atoms with E-state index in [0.29, 0.717) is 36.3 Å². The topological polar surface area (TPSA) is 128 Å². The van der Waals surface area contributed by atoms with Gasteiger partial charge in [0.15, 0.2) is 0 Å². The summed E-state index contributed by atoms with van der Waals surface area (Å²) in [4.78, 5) is 1.93. The zero-order valence-electron chi connectivity index (χ0n) is 14.9. The van der Waals surface area contributed by atoms with Gasteiger partial charge in [0.1, 0.15) is 22.7 Å². The van der Waals surface area contributed by atoms with Crippen LogP contribution in [0.25, 0.3) is 0 Å². The smallest absolute Gasteiger partial charge is 0.270 e. The van der Waals surface area contributed by atoms with E-state index in [1.807, 2.05) is 18.0 Å². The van der Waals surface area contributed by atoms with Crippen LogP contribution in [0.4, 0.5) is 0 Å². The van der Waals surface area contributed by atoms with E-state index in [1.165, 1.54) is 0 Å². The summed E-state index contributed by atoms with van der Waals surface area (Å²) in [5.74, 6) is 0.441. The largest absolute Gasteiger partial charge is 0.486 e. The van der Waals surface area contributed by atoms with Gasteiger partial charge in [-0.3, -0.25) is 4.55 Å². The summed E-state index contributed by atoms with van der Waals surface area (Å²) in [6, 6.07) is 3.12. The van der Waals surface area contributed by atoms with Gasteiger partial charge in [0.05, 0.1) is 18.1 Å². The van der Waals surface area contributed by atoms with Crippen molar-refractivity contribution in [2.24, 2.45) is 0 Å². The number of nitrogens with zero attached hydrogens (tertiary/aromatic N) is 1. The van der Waals surface area contributed by atoms with Crippen molar-refractivity contribution in [3.05, 3.63) is 28.8 Å². The molecule has 1 saturated heterocycles. The summed E-state index contributed by atoms with van der Waals surface area (Å²) in [5.41, 5.74) is -0.777. The molecule has 5 rings (SSSR count). The van der Waals surface area contributed by atoms with Crippen LogP contribution in [0.1, 0.15) is 29.5 Å². The molecule has 148 valence electrons. The summed E-state index contributed by atoms with van der Waals surface area (Å²) in [7, 11) is -2.78. The van der Waals surface area contributed by atoms with E-state index >= 15 is 0 Å². The molecule has 0 aromatic heterocycles. The number of benzene rings is 1. The van der Waals surface area contributed by atoms with E-state index < -0.39 is 44.6 Å². The second-order valence-corrected chi connectivity index (χ2v) is 9.94. The summed E-state index contributed by atoms with van der Waals surface area (Å²) >= 11 is 0. The molecule has 1 saturated carbocycles. The Morgan fingerprint density at radius 3 is 2.78 bits per heavy atom. The first-order chi connectivity index (χ1) is 12.7. The van der Waals surface area contributed by atoms with E-state index in [0.717, 1.165) is 5.56 Å². The summed E-state index contributed by atoms with van der Waals surface area (Å²) in [5, 5.41) is 31.0. The second kappa shape index (κ2) is 5.22. The predicted molar refractivity (Wildman–Crippen MR) is 94.1 cm³/mol. The highest BCUT2D eigenvalue weighted by Crippen LogP contribution is 2.65. The number of likely N-dealkylation sites (tertiary alicyclic amines) is 1. The fraction of sp³-hybridized carbons (Fsp3) is 0.667. The fourth-order valence-corrected chi connectivity index (χ4v) is 7.55. The van der Waals surface area contributed by atoms with Gasteiger partial charge in [0.2, 0.25) is 0 Å². The monoisotopic (exact) mass is 397 g/mol. The Morgan fingerprint density at radius 2 is 2.11 bits per heavy atom. The molecule has 4 aliphatic rings. The normalized spacial score (nSPS) is 42.6. The average Bonchev–Trinajstić information content (AvgIpc) is 2.95. The molecule has 5 unspecified atom stereocenters. The molecule has 0 radical (unpaired) electrons. The highest BCUT2D eigenvalue weighted by atomic mass is 32.2. The number of piperidine rings is 1. The van der Waals surface area contributed by atoms with Crippen LogP contribution in [0.2, 0.25) is 0 Å². The van der Waals surface area contributed by atoms with Gasteiger partial charge >= 0.3 is 0 Å². The quantitative estimate of drug-likeness (QED) is 0.477. The molecule has 2 heterocycles. The average molecular weight is 397 g/mol. The fourth-order valence-electron chi connectivity index (χ4n) is 6.29. The summed E-state index contributed by atoms with van der Waals surface area (Å²) < 4.78 is 40.6. The summed E-state index contributed by atoms with van der Waals surface area (Å²) in [6.45, 7) is 0.338. The van der Waals surface area contributed by atoms with Crippen molar-refractivity contribution in [2.45, 2.75) is 60.4 Å². The third kappa shape index (κ3) is 1.87. The minimum Gasteiger partial charge on any atom is -0.486 e. The third-order valence-electron chi connectivity index (χ3n) is 7.35. The Balaban J connectivity index is 1.87. The van der Waals surface area contributed by atoms with Gasteiger partial charge in [-0.25, -0.2) is 0 Å². The second-order valence-electron chi connectivity index (χ2n) is 8.34. The molecule has 1 aromatic rings. The molecule has 0 amide bonds. The molecular weight excluding hydrogens is 374 g/mol. The van der Waals surface area contributed by atoms with Gasteiger partial charge in [-0.05, 0) is 38.4 Å². The molecule has 1 aromatic carbocycles. The van der Waals surface area contributed by atoms with Gasteiger partial charge in [-0.1, -0.05) is 12.1 Å². The molecule has 4 N–H and O–H groups in total. The number of ether oxygens (including phenoxy) is 1. The number of hydrogen-bond donors (Lipinski definition) is 4. The van der Waals surface area contributed by atoms with Gasteiger partial charge in [-0.15, -0.1) is 0 Å². The maximum Gasteiger partial charge on any atom is 0.270 e. The SMILES string of the molecule is CN1CCC23c4c5ccc(CO)c4OC2C(O)CC(S(=O)(=O)O)[C@@]3(O)C1C5. The number of aliphatic hydroxyl groups excluding tert-OH is 2. The van der Waals surface area contributed by atoms with Crippen LogP contribution in [0.15, 0.2) is 12.1 Å². The standard InChI is InChI=1S/C18H23NO7S/c1-19-5-4-17-14-9-2-3-10(8-20)15(14)26-16(17)11(21)7-13(27(23,24)25)18(17,22)12(19)6-9/h2-3,11-13,16,20-22H,4-8H2,1H3,(H,23,24,25)/t11?,12?,13?,16?,17?,18-/m0/s1. The predicted octanol–water partition coefficient (Wildman–Crippen LogP) is -0.810. The van der Waals surface area contributed by atoms with Gasteiger partial charge in [-0.2, -0.15) is 8.42 Å². The molecule has 8 nitrogen and oxygen atoms in total. The van der Waals surface area contributed by atoms with Crippen molar-refractivity contribution in [1.82, 2.24) is 4.90 Å². The van der Waals surface area contributed by atoms with Gasteiger partial charge < -0.3 is 25.0 Å². The Morgan fingerprint density at radius 1 is 1.37 bits per heavy atom. The molecule has 2 fully saturated rings. The van der Waals surface area contributed by atoms with Crippen molar-refractivity contribution in [1.29, 1.82) is 0 Å². The van der Waals surface area contributed by atoms with Crippen LogP contribution < -0.4 is 4.74 Å². The Kier molecular flexibility index (Phi) is 3.45. The molecule has 6 atom stereocenters. The lowest BCUT2D eigenvalue weighted by molar-refractivity contribution is -0.201. The third-order valence-corrected chi connectivity index (χ3v) is 8.63. The molecule has 2 bridgehead atoms. The zero-order valence-corrected chi connectivity index (χ0v) is 15.7. The van der Waals surface area contributed by atoms with Gasteiger partial charge in [0, 0.05) is 17.2 Å². The van der Waals surface area contributed by atoms with Crippen molar-refractivity contribution >= 4 is 10.1 Å². The van der Waals surface area contributed by atoms with Crippen LogP contribution in [0.5, 0.6) is 5.75 Å².